The molecule has 2 unspecified atom stereocenters. The Kier molecular flexibility index (Phi) is 8.37. The van der Waals surface area contributed by atoms with Crippen LogP contribution in [0.2, 0.25) is 0 Å². The zero-order valence-corrected chi connectivity index (χ0v) is 18.8. The van der Waals surface area contributed by atoms with E-state index in [1.54, 1.807) is 20.8 Å². The van der Waals surface area contributed by atoms with Gasteiger partial charge in [0.15, 0.2) is 11.7 Å². The van der Waals surface area contributed by atoms with Crippen molar-refractivity contribution in [3.63, 3.8) is 0 Å². The SMILES string of the molecule is C=C(C)C(=O)OCC(OC(N)=O)C(OC(=O)C(=C)C)(C(=C)C)C(C)(C)c1ccccc1. The average Bonchev–Trinajstić information content (AvgIpc) is 2.68. The van der Waals surface area contributed by atoms with Gasteiger partial charge >= 0.3 is 18.0 Å². The lowest BCUT2D eigenvalue weighted by atomic mass is 9.64. The number of benzene rings is 1. The lowest BCUT2D eigenvalue weighted by Crippen LogP contribution is -2.62. The average molecular weight is 430 g/mol. The first-order valence-electron chi connectivity index (χ1n) is 9.66. The van der Waals surface area contributed by atoms with E-state index in [0.29, 0.717) is 5.57 Å². The summed E-state index contributed by atoms with van der Waals surface area (Å²) in [5.41, 5.74) is 4.06. The molecule has 1 aromatic carbocycles. The summed E-state index contributed by atoms with van der Waals surface area (Å²) in [6.07, 6.45) is -2.43. The van der Waals surface area contributed by atoms with Gasteiger partial charge in [-0.1, -0.05) is 63.9 Å². The van der Waals surface area contributed by atoms with E-state index in [9.17, 15) is 14.4 Å². The third-order valence-electron chi connectivity index (χ3n) is 5.09. The standard InChI is InChI=1S/C24H31NO6/c1-15(2)20(26)29-14-19(30-22(25)28)24(17(5)6,31-21(27)16(3)4)23(7,8)18-12-10-9-11-13-18/h9-13,19H,1,3,5,14H2,2,4,6-8H3,(H2,25,28). The Hall–Kier alpha value is -3.35. The van der Waals surface area contributed by atoms with Crippen molar-refractivity contribution in [1.29, 1.82) is 0 Å². The van der Waals surface area contributed by atoms with Crippen LogP contribution in [0.15, 0.2) is 66.8 Å². The molecule has 0 bridgehead atoms. The van der Waals surface area contributed by atoms with E-state index >= 15 is 0 Å². The number of rotatable bonds is 10. The number of carbonyl (C=O) groups is 3. The molecule has 7 nitrogen and oxygen atoms in total. The molecule has 0 aliphatic carbocycles. The minimum absolute atomic E-state index is 0.131. The predicted molar refractivity (Wildman–Crippen MR) is 118 cm³/mol. The molecule has 0 aliphatic heterocycles. The molecule has 7 heteroatoms. The van der Waals surface area contributed by atoms with Gasteiger partial charge in [-0.3, -0.25) is 0 Å². The molecular weight excluding hydrogens is 398 g/mol. The third kappa shape index (κ3) is 5.63. The van der Waals surface area contributed by atoms with Gasteiger partial charge in [0.1, 0.15) is 6.61 Å². The van der Waals surface area contributed by atoms with E-state index in [-0.39, 0.29) is 11.1 Å². The summed E-state index contributed by atoms with van der Waals surface area (Å²) in [7, 11) is 0. The zero-order valence-electron chi connectivity index (χ0n) is 18.8. The number of ether oxygens (including phenoxy) is 3. The van der Waals surface area contributed by atoms with Crippen LogP contribution < -0.4 is 5.73 Å². The van der Waals surface area contributed by atoms with Crippen LogP contribution in [0.5, 0.6) is 0 Å². The molecule has 0 fully saturated rings. The van der Waals surface area contributed by atoms with E-state index in [0.717, 1.165) is 5.56 Å². The Morgan fingerprint density at radius 1 is 0.968 bits per heavy atom. The summed E-state index contributed by atoms with van der Waals surface area (Å²) >= 11 is 0. The van der Waals surface area contributed by atoms with E-state index in [4.69, 9.17) is 19.9 Å². The smallest absolute Gasteiger partial charge is 0.405 e. The van der Waals surface area contributed by atoms with Crippen molar-refractivity contribution in [2.75, 3.05) is 6.61 Å². The summed E-state index contributed by atoms with van der Waals surface area (Å²) in [6, 6.07) is 9.17. The molecule has 1 rings (SSSR count). The van der Waals surface area contributed by atoms with Crippen LogP contribution in [0.25, 0.3) is 0 Å². The number of primary amides is 1. The first kappa shape index (κ1) is 25.7. The molecular formula is C24H31NO6. The van der Waals surface area contributed by atoms with E-state index in [1.165, 1.54) is 13.8 Å². The maximum absolute atomic E-state index is 12.7. The minimum Gasteiger partial charge on any atom is -0.458 e. The van der Waals surface area contributed by atoms with Crippen LogP contribution in [0, 0.1) is 0 Å². The Morgan fingerprint density at radius 2 is 1.48 bits per heavy atom. The van der Waals surface area contributed by atoms with Gasteiger partial charge in [-0.2, -0.15) is 0 Å². The second-order valence-electron chi connectivity index (χ2n) is 7.98. The fraction of sp³-hybridized carbons (Fsp3) is 0.375. The van der Waals surface area contributed by atoms with Crippen molar-refractivity contribution in [3.8, 4) is 0 Å². The van der Waals surface area contributed by atoms with Gasteiger partial charge in [0.05, 0.1) is 0 Å². The van der Waals surface area contributed by atoms with Gasteiger partial charge in [0.2, 0.25) is 0 Å². The fourth-order valence-corrected chi connectivity index (χ4v) is 3.44. The van der Waals surface area contributed by atoms with Gasteiger partial charge in [-0.25, -0.2) is 14.4 Å². The fourth-order valence-electron chi connectivity index (χ4n) is 3.44. The first-order valence-corrected chi connectivity index (χ1v) is 9.66. The molecule has 0 heterocycles. The van der Waals surface area contributed by atoms with Gasteiger partial charge in [-0.15, -0.1) is 0 Å². The quantitative estimate of drug-likeness (QED) is 0.261. The van der Waals surface area contributed by atoms with Crippen LogP contribution in [-0.4, -0.2) is 36.3 Å². The molecule has 2 atom stereocenters. The highest BCUT2D eigenvalue weighted by Crippen LogP contribution is 2.46. The molecule has 2 N–H and O–H groups in total. The molecule has 0 saturated carbocycles. The zero-order chi connectivity index (χ0) is 24.0. The lowest BCUT2D eigenvalue weighted by molar-refractivity contribution is -0.180. The largest absolute Gasteiger partial charge is 0.458 e. The molecule has 0 saturated heterocycles. The molecule has 1 amide bonds. The molecule has 0 spiro atoms. The maximum Gasteiger partial charge on any atom is 0.405 e. The number of amides is 1. The predicted octanol–water partition coefficient (Wildman–Crippen LogP) is 3.98. The molecule has 0 aliphatic rings. The summed E-state index contributed by atoms with van der Waals surface area (Å²) < 4.78 is 16.6. The Morgan fingerprint density at radius 3 is 1.90 bits per heavy atom. The highest BCUT2D eigenvalue weighted by Gasteiger charge is 2.58. The molecule has 0 radical (unpaired) electrons. The highest BCUT2D eigenvalue weighted by atomic mass is 16.6. The van der Waals surface area contributed by atoms with Crippen molar-refractivity contribution in [3.05, 3.63) is 72.4 Å². The summed E-state index contributed by atoms with van der Waals surface area (Å²) in [5, 5.41) is 0. The molecule has 31 heavy (non-hydrogen) atoms. The van der Waals surface area contributed by atoms with Crippen molar-refractivity contribution < 1.29 is 28.6 Å². The van der Waals surface area contributed by atoms with Crippen molar-refractivity contribution in [2.45, 2.75) is 51.7 Å². The minimum atomic E-state index is -1.66. The summed E-state index contributed by atoms with van der Waals surface area (Å²) in [5.74, 6) is -1.42. The first-order chi connectivity index (χ1) is 14.3. The Labute approximate surface area is 183 Å². The number of esters is 2. The van der Waals surface area contributed by atoms with Crippen LogP contribution >= 0.6 is 0 Å². The third-order valence-corrected chi connectivity index (χ3v) is 5.09. The number of hydrogen-bond donors (Lipinski definition) is 1. The summed E-state index contributed by atoms with van der Waals surface area (Å²) in [6.45, 7) is 19.0. The topological polar surface area (TPSA) is 105 Å². The number of nitrogens with two attached hydrogens (primary N) is 1. The van der Waals surface area contributed by atoms with Gasteiger partial charge in [-0.05, 0) is 31.9 Å². The van der Waals surface area contributed by atoms with Crippen molar-refractivity contribution in [1.82, 2.24) is 0 Å². The van der Waals surface area contributed by atoms with Gasteiger partial charge in [0, 0.05) is 16.6 Å². The molecule has 0 aromatic heterocycles. The van der Waals surface area contributed by atoms with E-state index in [1.807, 2.05) is 30.3 Å². The van der Waals surface area contributed by atoms with E-state index in [2.05, 4.69) is 19.7 Å². The van der Waals surface area contributed by atoms with Crippen molar-refractivity contribution >= 4 is 18.0 Å². The highest BCUT2D eigenvalue weighted by molar-refractivity contribution is 5.88. The Bertz CT molecular complexity index is 887. The maximum atomic E-state index is 12.7. The second kappa shape index (κ2) is 10.1. The molecule has 168 valence electrons. The molecule has 1 aromatic rings. The summed E-state index contributed by atoms with van der Waals surface area (Å²) in [4.78, 5) is 36.6. The van der Waals surface area contributed by atoms with Crippen molar-refractivity contribution in [2.24, 2.45) is 5.73 Å². The van der Waals surface area contributed by atoms with Crippen LogP contribution in [0.4, 0.5) is 4.79 Å². The normalized spacial score (nSPS) is 13.8. The van der Waals surface area contributed by atoms with Gasteiger partial charge < -0.3 is 19.9 Å². The van der Waals surface area contributed by atoms with Gasteiger partial charge in [0.25, 0.3) is 0 Å². The number of carbonyl (C=O) groups excluding carboxylic acids is 3. The second-order valence-corrected chi connectivity index (χ2v) is 7.98. The monoisotopic (exact) mass is 429 g/mol. The van der Waals surface area contributed by atoms with Crippen LogP contribution in [0.3, 0.4) is 0 Å². The van der Waals surface area contributed by atoms with E-state index < -0.39 is 41.8 Å². The van der Waals surface area contributed by atoms with Crippen LogP contribution in [0.1, 0.15) is 40.2 Å². The Balaban J connectivity index is 3.75. The van der Waals surface area contributed by atoms with Crippen LogP contribution in [-0.2, 0) is 29.2 Å². The lowest BCUT2D eigenvalue weighted by Gasteiger charge is -2.50. The number of hydrogen-bond acceptors (Lipinski definition) is 6.